The first-order valence-electron chi connectivity index (χ1n) is 6.81. The van der Waals surface area contributed by atoms with Gasteiger partial charge in [-0.05, 0) is 22.0 Å². The molecule has 1 unspecified atom stereocenters. The van der Waals surface area contributed by atoms with Gasteiger partial charge < -0.3 is 14.4 Å². The van der Waals surface area contributed by atoms with Gasteiger partial charge in [0.05, 0.1) is 24.5 Å². The van der Waals surface area contributed by atoms with Crippen LogP contribution < -0.4 is 10.2 Å². The van der Waals surface area contributed by atoms with Crippen LogP contribution in [0.1, 0.15) is 0 Å². The quantitative estimate of drug-likeness (QED) is 0.719. The number of anilines is 1. The van der Waals surface area contributed by atoms with Gasteiger partial charge in [0.25, 0.3) is 0 Å². The van der Waals surface area contributed by atoms with E-state index in [1.807, 2.05) is 6.07 Å². The van der Waals surface area contributed by atoms with Crippen molar-refractivity contribution in [1.29, 1.82) is 0 Å². The van der Waals surface area contributed by atoms with Gasteiger partial charge in [0, 0.05) is 29.4 Å². The summed E-state index contributed by atoms with van der Waals surface area (Å²) in [7, 11) is 0. The monoisotopic (exact) mass is 365 g/mol. The van der Waals surface area contributed by atoms with Gasteiger partial charge in [0.15, 0.2) is 6.23 Å². The van der Waals surface area contributed by atoms with Crippen LogP contribution in [0, 0.1) is 0 Å². The number of nitrogens with one attached hydrogen (secondary N) is 1. The number of nitrogens with zero attached hydrogens (tertiary/aromatic N) is 2. The molecule has 2 saturated heterocycles. The van der Waals surface area contributed by atoms with E-state index in [1.165, 1.54) is 0 Å². The minimum atomic E-state index is -0.847. The molecular weight excluding hydrogens is 354 g/mol. The Bertz CT molecular complexity index is 694. The number of carbonyl (C=O) groups excluding carboxylic acids is 2. The molecule has 0 aromatic carbocycles. The fraction of sp³-hybridized carbons (Fsp3) is 0.357. The van der Waals surface area contributed by atoms with Crippen LogP contribution in [0.3, 0.4) is 0 Å². The van der Waals surface area contributed by atoms with Crippen LogP contribution in [0.4, 0.5) is 5.69 Å². The van der Waals surface area contributed by atoms with Gasteiger partial charge in [0.2, 0.25) is 5.60 Å². The van der Waals surface area contributed by atoms with Gasteiger partial charge in [-0.1, -0.05) is 0 Å². The molecule has 3 aliphatic rings. The lowest BCUT2D eigenvalue weighted by molar-refractivity contribution is -0.188. The zero-order valence-electron chi connectivity index (χ0n) is 11.4. The van der Waals surface area contributed by atoms with E-state index in [0.717, 1.165) is 22.3 Å². The number of carbonyl (C=O) groups is 2. The number of aromatic nitrogens is 1. The molecule has 0 saturated carbocycles. The lowest BCUT2D eigenvalue weighted by Crippen LogP contribution is -2.74. The number of hydrogen-bond acceptors (Lipinski definition) is 7. The number of halogens is 1. The molecule has 0 amide bonds. The van der Waals surface area contributed by atoms with Crippen LogP contribution in [-0.2, 0) is 19.1 Å². The summed E-state index contributed by atoms with van der Waals surface area (Å²) in [6.07, 6.45) is 5.01. The predicted molar refractivity (Wildman–Crippen MR) is 78.9 cm³/mol. The summed E-state index contributed by atoms with van der Waals surface area (Å²) in [5.74, 6) is -1.07. The van der Waals surface area contributed by atoms with Crippen molar-refractivity contribution >= 4 is 33.6 Å². The number of hydrogen-bond donors (Lipinski definition) is 1. The van der Waals surface area contributed by atoms with E-state index < -0.39 is 23.8 Å². The third-order valence-corrected chi connectivity index (χ3v) is 4.63. The SMILES string of the molecule is O=C1/C=C/C(=O)O[C@@]23CN(c4cncc(Br)c4)[C@@H]2CNC3O1. The third-order valence-electron chi connectivity index (χ3n) is 4.20. The van der Waals surface area contributed by atoms with E-state index in [1.54, 1.807) is 12.4 Å². The van der Waals surface area contributed by atoms with Crippen molar-refractivity contribution in [2.24, 2.45) is 0 Å². The molecule has 4 heterocycles. The molecular formula is C14H12BrN3O4. The summed E-state index contributed by atoms with van der Waals surface area (Å²) in [5, 5.41) is 3.12. The summed E-state index contributed by atoms with van der Waals surface area (Å²) < 4.78 is 11.8. The molecule has 0 radical (unpaired) electrons. The highest BCUT2D eigenvalue weighted by Crippen LogP contribution is 2.43. The second-order valence-electron chi connectivity index (χ2n) is 5.44. The van der Waals surface area contributed by atoms with Crippen LogP contribution >= 0.6 is 15.9 Å². The minimum absolute atomic E-state index is 0.100. The van der Waals surface area contributed by atoms with E-state index in [4.69, 9.17) is 9.47 Å². The number of pyridine rings is 1. The van der Waals surface area contributed by atoms with Crippen LogP contribution in [0.2, 0.25) is 0 Å². The van der Waals surface area contributed by atoms with Gasteiger partial charge in [-0.15, -0.1) is 0 Å². The lowest BCUT2D eigenvalue weighted by atomic mass is 9.84. The lowest BCUT2D eigenvalue weighted by Gasteiger charge is -2.54. The van der Waals surface area contributed by atoms with Gasteiger partial charge in [-0.3, -0.25) is 10.3 Å². The number of esters is 2. The molecule has 1 aromatic heterocycles. The zero-order valence-corrected chi connectivity index (χ0v) is 12.9. The van der Waals surface area contributed by atoms with E-state index in [2.05, 4.69) is 31.1 Å². The number of rotatable bonds is 1. The van der Waals surface area contributed by atoms with Crippen molar-refractivity contribution in [3.8, 4) is 0 Å². The van der Waals surface area contributed by atoms with Crippen LogP contribution in [-0.4, -0.2) is 47.9 Å². The van der Waals surface area contributed by atoms with Crippen LogP contribution in [0.15, 0.2) is 35.1 Å². The third kappa shape index (κ3) is 1.94. The Morgan fingerprint density at radius 3 is 2.95 bits per heavy atom. The molecule has 22 heavy (non-hydrogen) atoms. The van der Waals surface area contributed by atoms with Crippen molar-refractivity contribution in [3.63, 3.8) is 0 Å². The highest BCUT2D eigenvalue weighted by molar-refractivity contribution is 9.10. The first-order chi connectivity index (χ1) is 10.6. The second-order valence-corrected chi connectivity index (χ2v) is 6.36. The van der Waals surface area contributed by atoms with Gasteiger partial charge in [-0.25, -0.2) is 9.59 Å². The Balaban J connectivity index is 1.65. The van der Waals surface area contributed by atoms with Crippen molar-refractivity contribution in [2.75, 3.05) is 18.0 Å². The zero-order chi connectivity index (χ0) is 15.3. The largest absolute Gasteiger partial charge is 0.446 e. The summed E-state index contributed by atoms with van der Waals surface area (Å²) in [6.45, 7) is 0.998. The first kappa shape index (κ1) is 13.7. The topological polar surface area (TPSA) is 80.8 Å². The number of ether oxygens (including phenoxy) is 2. The summed E-state index contributed by atoms with van der Waals surface area (Å²) in [5.41, 5.74) is 0.0761. The fourth-order valence-corrected chi connectivity index (χ4v) is 3.55. The highest BCUT2D eigenvalue weighted by Gasteiger charge is 2.66. The molecule has 8 heteroatoms. The molecule has 2 fully saturated rings. The molecule has 3 aliphatic heterocycles. The highest BCUT2D eigenvalue weighted by atomic mass is 79.9. The molecule has 1 spiro atoms. The Hall–Kier alpha value is -1.93. The van der Waals surface area contributed by atoms with E-state index >= 15 is 0 Å². The summed E-state index contributed by atoms with van der Waals surface area (Å²) in [6, 6.07) is 1.85. The van der Waals surface area contributed by atoms with E-state index in [0.29, 0.717) is 13.1 Å². The molecule has 4 rings (SSSR count). The fourth-order valence-electron chi connectivity index (χ4n) is 3.20. The molecule has 0 bridgehead atoms. The Morgan fingerprint density at radius 1 is 1.32 bits per heavy atom. The average molecular weight is 366 g/mol. The summed E-state index contributed by atoms with van der Waals surface area (Å²) in [4.78, 5) is 29.7. The molecule has 7 nitrogen and oxygen atoms in total. The van der Waals surface area contributed by atoms with Crippen molar-refractivity contribution in [2.45, 2.75) is 17.9 Å². The standard InChI is InChI=1S/C14H12BrN3O4/c15-8-3-9(5-16-4-8)18-7-14-10(18)6-17-13(14)21-11(19)1-2-12(20)22-14/h1-5,10,13,17H,6-7H2/b2-1+/t10-,13?,14+/m1/s1. The molecule has 3 atom stereocenters. The van der Waals surface area contributed by atoms with E-state index in [-0.39, 0.29) is 6.04 Å². The van der Waals surface area contributed by atoms with Crippen LogP contribution in [0.25, 0.3) is 0 Å². The Labute approximate surface area is 134 Å². The van der Waals surface area contributed by atoms with Crippen molar-refractivity contribution < 1.29 is 19.1 Å². The first-order valence-corrected chi connectivity index (χ1v) is 7.60. The van der Waals surface area contributed by atoms with Gasteiger partial charge in [0.1, 0.15) is 0 Å². The maximum atomic E-state index is 11.8. The maximum Gasteiger partial charge on any atom is 0.332 e. The minimum Gasteiger partial charge on any atom is -0.446 e. The molecule has 114 valence electrons. The predicted octanol–water partition coefficient (Wildman–Crippen LogP) is 0.357. The Kier molecular flexibility index (Phi) is 2.98. The van der Waals surface area contributed by atoms with Gasteiger partial charge >= 0.3 is 11.9 Å². The average Bonchev–Trinajstić information content (AvgIpc) is 2.69. The molecule has 1 N–H and O–H groups in total. The van der Waals surface area contributed by atoms with E-state index in [9.17, 15) is 9.59 Å². The maximum absolute atomic E-state index is 11.8. The molecule has 1 aromatic rings. The molecule has 0 aliphatic carbocycles. The summed E-state index contributed by atoms with van der Waals surface area (Å²) >= 11 is 3.40. The normalized spacial score (nSPS) is 34.5. The second kappa shape index (κ2) is 4.79. The Morgan fingerprint density at radius 2 is 2.14 bits per heavy atom. The van der Waals surface area contributed by atoms with Gasteiger partial charge in [-0.2, -0.15) is 0 Å². The smallest absolute Gasteiger partial charge is 0.332 e. The van der Waals surface area contributed by atoms with Crippen molar-refractivity contribution in [3.05, 3.63) is 35.1 Å². The van der Waals surface area contributed by atoms with Crippen LogP contribution in [0.5, 0.6) is 0 Å². The van der Waals surface area contributed by atoms with Crippen molar-refractivity contribution in [1.82, 2.24) is 10.3 Å².